The molecule has 0 N–H and O–H groups in total. The summed E-state index contributed by atoms with van der Waals surface area (Å²) in [5.74, 6) is 0.00864. The highest BCUT2D eigenvalue weighted by molar-refractivity contribution is 6.06. The molecule has 0 unspecified atom stereocenters. The molecule has 0 heterocycles. The molecule has 0 aliphatic carbocycles. The van der Waals surface area contributed by atoms with E-state index in [-0.39, 0.29) is 12.2 Å². The zero-order chi connectivity index (χ0) is 17.6. The van der Waals surface area contributed by atoms with Crippen LogP contribution in [0.4, 0.5) is 13.2 Å². The number of carbonyl (C=O) groups excluding carboxylic acids is 1. The molecule has 122 valence electrons. The largest absolute Gasteiger partial charge is 0.478 e. The average Bonchev–Trinajstić information content (AvgIpc) is 2.58. The highest BCUT2D eigenvalue weighted by Gasteiger charge is 2.30. The van der Waals surface area contributed by atoms with Gasteiger partial charge in [0, 0.05) is 11.1 Å². The molecule has 0 aliphatic rings. The van der Waals surface area contributed by atoms with Gasteiger partial charge >= 0.3 is 6.18 Å². The van der Waals surface area contributed by atoms with Crippen LogP contribution >= 0.6 is 0 Å². The Morgan fingerprint density at radius 3 is 2.42 bits per heavy atom. The zero-order valence-electron chi connectivity index (χ0n) is 12.4. The number of allylic oxidation sites excluding steroid dienone is 1. The predicted octanol–water partition coefficient (Wildman–Crippen LogP) is 4.50. The molecular weight excluding hydrogens is 319 g/mol. The number of para-hydroxylation sites is 1. The molecule has 0 atom stereocenters. The van der Waals surface area contributed by atoms with Gasteiger partial charge in [-0.15, -0.1) is 0 Å². The second-order valence-corrected chi connectivity index (χ2v) is 4.76. The van der Waals surface area contributed by atoms with E-state index in [0.29, 0.717) is 11.3 Å². The predicted molar refractivity (Wildman–Crippen MR) is 82.4 cm³/mol. The van der Waals surface area contributed by atoms with Crippen LogP contribution in [0, 0.1) is 11.3 Å². The van der Waals surface area contributed by atoms with E-state index in [0.717, 1.165) is 24.3 Å². The quantitative estimate of drug-likeness (QED) is 0.598. The minimum Gasteiger partial charge on any atom is -0.478 e. The van der Waals surface area contributed by atoms with Gasteiger partial charge in [0.2, 0.25) is 0 Å². The number of rotatable bonds is 5. The van der Waals surface area contributed by atoms with Gasteiger partial charge in [0.25, 0.3) is 0 Å². The molecule has 0 spiro atoms. The molecule has 0 saturated carbocycles. The Morgan fingerprint density at radius 1 is 1.12 bits per heavy atom. The van der Waals surface area contributed by atoms with Crippen LogP contribution in [-0.4, -0.2) is 12.4 Å². The minimum absolute atomic E-state index is 0.127. The lowest BCUT2D eigenvalue weighted by molar-refractivity contribution is -0.137. The van der Waals surface area contributed by atoms with Crippen molar-refractivity contribution in [3.05, 3.63) is 71.3 Å². The highest BCUT2D eigenvalue weighted by atomic mass is 19.4. The van der Waals surface area contributed by atoms with Crippen molar-refractivity contribution in [2.75, 3.05) is 6.61 Å². The lowest BCUT2D eigenvalue weighted by Crippen LogP contribution is -2.05. The molecule has 0 fully saturated rings. The molecule has 0 aromatic heterocycles. The Balaban J connectivity index is 2.15. The number of halogens is 3. The van der Waals surface area contributed by atoms with E-state index in [9.17, 15) is 18.0 Å². The molecule has 0 saturated heterocycles. The highest BCUT2D eigenvalue weighted by Crippen LogP contribution is 2.29. The topological polar surface area (TPSA) is 50.1 Å². The van der Waals surface area contributed by atoms with E-state index < -0.39 is 17.5 Å². The van der Waals surface area contributed by atoms with Gasteiger partial charge in [-0.25, -0.2) is 0 Å². The molecule has 2 rings (SSSR count). The van der Waals surface area contributed by atoms with Gasteiger partial charge in [-0.05, 0) is 30.4 Å². The Labute approximate surface area is 136 Å². The fourth-order valence-electron chi connectivity index (χ4n) is 1.94. The van der Waals surface area contributed by atoms with Crippen molar-refractivity contribution >= 4 is 11.9 Å². The Kier molecular flexibility index (Phi) is 5.38. The summed E-state index contributed by atoms with van der Waals surface area (Å²) in [5, 5.41) is 8.54. The van der Waals surface area contributed by atoms with Crippen LogP contribution < -0.4 is 4.74 Å². The third-order valence-corrected chi connectivity index (χ3v) is 3.12. The summed E-state index contributed by atoms with van der Waals surface area (Å²) in [5.41, 5.74) is -0.0686. The van der Waals surface area contributed by atoms with Crippen LogP contribution in [-0.2, 0) is 6.18 Å². The Hall–Kier alpha value is -3.07. The van der Waals surface area contributed by atoms with Crippen molar-refractivity contribution in [2.45, 2.75) is 6.18 Å². The summed E-state index contributed by atoms with van der Waals surface area (Å²) < 4.78 is 42.7. The average molecular weight is 331 g/mol. The molecule has 0 bridgehead atoms. The Bertz CT molecular complexity index is 787. The molecule has 0 amide bonds. The van der Waals surface area contributed by atoms with Crippen molar-refractivity contribution in [3.63, 3.8) is 0 Å². The molecule has 2 aromatic carbocycles. The first-order valence-electron chi connectivity index (χ1n) is 6.90. The van der Waals surface area contributed by atoms with Crippen molar-refractivity contribution < 1.29 is 22.7 Å². The molecular formula is C18H12F3NO2. The van der Waals surface area contributed by atoms with E-state index in [4.69, 9.17) is 10.00 Å². The normalized spacial score (nSPS) is 11.2. The smallest absolute Gasteiger partial charge is 0.416 e. The lowest BCUT2D eigenvalue weighted by Gasteiger charge is -2.06. The summed E-state index contributed by atoms with van der Waals surface area (Å²) in [6.07, 6.45) is -1.70. The second kappa shape index (κ2) is 7.47. The van der Waals surface area contributed by atoms with E-state index >= 15 is 0 Å². The third kappa shape index (κ3) is 4.46. The first kappa shape index (κ1) is 17.3. The maximum absolute atomic E-state index is 12.5. The molecule has 24 heavy (non-hydrogen) atoms. The van der Waals surface area contributed by atoms with Crippen LogP contribution in [0.15, 0.2) is 54.6 Å². The maximum atomic E-state index is 12.5. The zero-order valence-corrected chi connectivity index (χ0v) is 12.4. The number of nitriles is 1. The van der Waals surface area contributed by atoms with Crippen LogP contribution in [0.25, 0.3) is 6.08 Å². The number of carbonyl (C=O) groups is 1. The van der Waals surface area contributed by atoms with Crippen molar-refractivity contribution in [1.82, 2.24) is 0 Å². The first-order chi connectivity index (χ1) is 11.4. The van der Waals surface area contributed by atoms with E-state index in [2.05, 4.69) is 0 Å². The monoisotopic (exact) mass is 331 g/mol. The van der Waals surface area contributed by atoms with Gasteiger partial charge in [-0.3, -0.25) is 4.79 Å². The molecule has 3 nitrogen and oxygen atoms in total. The second-order valence-electron chi connectivity index (χ2n) is 4.76. The number of ether oxygens (including phenoxy) is 1. The van der Waals surface area contributed by atoms with E-state index in [1.54, 1.807) is 24.3 Å². The van der Waals surface area contributed by atoms with Crippen LogP contribution in [0.1, 0.15) is 21.5 Å². The fraction of sp³-hybridized carbons (Fsp3) is 0.111. The van der Waals surface area contributed by atoms with E-state index in [1.165, 1.54) is 12.2 Å². The van der Waals surface area contributed by atoms with Gasteiger partial charge < -0.3 is 4.74 Å². The number of ketones is 1. The molecule has 0 radical (unpaired) electrons. The number of hydrogen-bond donors (Lipinski definition) is 0. The third-order valence-electron chi connectivity index (χ3n) is 3.12. The number of benzene rings is 2. The van der Waals surface area contributed by atoms with Crippen LogP contribution in [0.2, 0.25) is 0 Å². The van der Waals surface area contributed by atoms with Crippen LogP contribution in [0.3, 0.4) is 0 Å². The number of nitrogens with zero attached hydrogens (tertiary/aromatic N) is 1. The van der Waals surface area contributed by atoms with E-state index in [1.807, 2.05) is 6.07 Å². The summed E-state index contributed by atoms with van der Waals surface area (Å²) in [7, 11) is 0. The summed E-state index contributed by atoms with van der Waals surface area (Å²) in [6, 6.07) is 12.7. The SMILES string of the molecule is N#CCOc1ccccc1C=CC(=O)c1ccc(C(F)(F)F)cc1. The van der Waals surface area contributed by atoms with Gasteiger partial charge in [-0.1, -0.05) is 30.3 Å². The van der Waals surface area contributed by atoms with Crippen molar-refractivity contribution in [2.24, 2.45) is 0 Å². The first-order valence-corrected chi connectivity index (χ1v) is 6.90. The van der Waals surface area contributed by atoms with Gasteiger partial charge in [0.15, 0.2) is 12.4 Å². The van der Waals surface area contributed by atoms with Gasteiger partial charge in [0.05, 0.1) is 5.56 Å². The number of alkyl halides is 3. The van der Waals surface area contributed by atoms with Crippen LogP contribution in [0.5, 0.6) is 5.75 Å². The molecule has 6 heteroatoms. The van der Waals surface area contributed by atoms with Crippen molar-refractivity contribution in [3.8, 4) is 11.8 Å². The summed E-state index contributed by atoms with van der Waals surface area (Å²) in [4.78, 5) is 12.0. The molecule has 0 aliphatic heterocycles. The summed E-state index contributed by atoms with van der Waals surface area (Å²) in [6.45, 7) is -0.127. The fourth-order valence-corrected chi connectivity index (χ4v) is 1.94. The minimum atomic E-state index is -4.44. The Morgan fingerprint density at radius 2 is 1.79 bits per heavy atom. The van der Waals surface area contributed by atoms with Crippen molar-refractivity contribution in [1.29, 1.82) is 5.26 Å². The standard InChI is InChI=1S/C18H12F3NO2/c19-18(20,21)15-8-5-13(6-9-15)16(23)10-7-14-3-1-2-4-17(14)24-12-11-22/h1-10H,12H2. The maximum Gasteiger partial charge on any atom is 0.416 e. The number of hydrogen-bond acceptors (Lipinski definition) is 3. The lowest BCUT2D eigenvalue weighted by atomic mass is 10.1. The van der Waals surface area contributed by atoms with Gasteiger partial charge in [0.1, 0.15) is 11.8 Å². The molecule has 2 aromatic rings. The summed E-state index contributed by atoms with van der Waals surface area (Å²) >= 11 is 0. The van der Waals surface area contributed by atoms with Gasteiger partial charge in [-0.2, -0.15) is 18.4 Å².